The van der Waals surface area contributed by atoms with Crippen molar-refractivity contribution in [3.63, 3.8) is 0 Å². The normalized spacial score (nSPS) is 16.4. The molecule has 0 unspecified atom stereocenters. The number of fused-ring (bicyclic) bond motifs is 1. The van der Waals surface area contributed by atoms with Gasteiger partial charge in [0.2, 0.25) is 0 Å². The number of benzene rings is 1. The largest absolute Gasteiger partial charge is 0.483 e. The monoisotopic (exact) mass is 384 g/mol. The van der Waals surface area contributed by atoms with Crippen molar-refractivity contribution < 1.29 is 19.1 Å². The van der Waals surface area contributed by atoms with Crippen LogP contribution in [0.25, 0.3) is 11.0 Å². The van der Waals surface area contributed by atoms with Gasteiger partial charge in [-0.15, -0.1) is 0 Å². The third-order valence-corrected chi connectivity index (χ3v) is 4.84. The van der Waals surface area contributed by atoms with Gasteiger partial charge in [0.05, 0.1) is 18.8 Å². The summed E-state index contributed by atoms with van der Waals surface area (Å²) in [5, 5.41) is 11.5. The first-order valence-electron chi connectivity index (χ1n) is 9.27. The lowest BCUT2D eigenvalue weighted by Crippen LogP contribution is -2.48. The number of carbonyl (C=O) groups is 2. The summed E-state index contributed by atoms with van der Waals surface area (Å²) in [7, 11) is 0. The maximum absolute atomic E-state index is 12.6. The number of piperidine rings is 1. The number of H-pyrrole nitrogens is 1. The lowest BCUT2D eigenvalue weighted by molar-refractivity contribution is -0.122. The average molecular weight is 384 g/mol. The van der Waals surface area contributed by atoms with E-state index < -0.39 is 0 Å². The first-order valence-corrected chi connectivity index (χ1v) is 9.27. The minimum atomic E-state index is -0.250. The molecule has 4 rings (SSSR count). The predicted octanol–water partition coefficient (Wildman–Crippen LogP) is 2.64. The second-order valence-corrected chi connectivity index (χ2v) is 6.64. The Balaban J connectivity index is 0.000000706. The lowest BCUT2D eigenvalue weighted by Gasteiger charge is -2.35. The van der Waals surface area contributed by atoms with Gasteiger partial charge in [-0.3, -0.25) is 9.59 Å². The molecule has 3 N–H and O–H groups in total. The van der Waals surface area contributed by atoms with E-state index in [9.17, 15) is 4.79 Å². The summed E-state index contributed by atoms with van der Waals surface area (Å²) >= 11 is 0. The van der Waals surface area contributed by atoms with Crippen LogP contribution in [-0.2, 0) is 11.3 Å². The van der Waals surface area contributed by atoms with Crippen molar-refractivity contribution in [1.29, 1.82) is 0 Å². The van der Waals surface area contributed by atoms with Crippen LogP contribution in [0.5, 0.6) is 0 Å². The maximum atomic E-state index is 12.6. The molecule has 0 spiro atoms. The molecule has 1 amide bonds. The Hall–Kier alpha value is -3.13. The highest BCUT2D eigenvalue weighted by Crippen LogP contribution is 2.20. The number of nitrogens with zero attached hydrogens (tertiary/aromatic N) is 2. The number of rotatable bonds is 5. The number of carbonyl (C=O) groups excluding carboxylic acids is 1. The molecule has 0 bridgehead atoms. The van der Waals surface area contributed by atoms with Gasteiger partial charge in [0.1, 0.15) is 11.3 Å². The van der Waals surface area contributed by atoms with Gasteiger partial charge < -0.3 is 24.7 Å². The molecular weight excluding hydrogens is 360 g/mol. The van der Waals surface area contributed by atoms with E-state index in [4.69, 9.17) is 14.3 Å². The van der Waals surface area contributed by atoms with Crippen LogP contribution < -0.4 is 5.32 Å². The second kappa shape index (κ2) is 9.70. The number of furan rings is 1. The second-order valence-electron chi connectivity index (χ2n) is 6.64. The molecule has 0 saturated carbocycles. The molecule has 2 aromatic heterocycles. The summed E-state index contributed by atoms with van der Waals surface area (Å²) in [5.41, 5.74) is 2.70. The van der Waals surface area contributed by atoms with Gasteiger partial charge in [-0.2, -0.15) is 0 Å². The third kappa shape index (κ3) is 4.77. The van der Waals surface area contributed by atoms with E-state index in [2.05, 4.69) is 27.4 Å². The van der Waals surface area contributed by atoms with Crippen LogP contribution in [0.15, 0.2) is 47.5 Å². The topological polar surface area (TPSA) is 111 Å². The van der Waals surface area contributed by atoms with Crippen molar-refractivity contribution in [2.24, 2.45) is 0 Å². The van der Waals surface area contributed by atoms with E-state index in [1.165, 1.54) is 12.0 Å². The Bertz CT molecular complexity index is 891. The number of imidazole rings is 1. The summed E-state index contributed by atoms with van der Waals surface area (Å²) in [6.45, 7) is 2.14. The lowest BCUT2D eigenvalue weighted by atomic mass is 10.0. The van der Waals surface area contributed by atoms with Crippen LogP contribution >= 0.6 is 0 Å². The number of hydrogen-bond donors (Lipinski definition) is 3. The number of carboxylic acid groups (broad SMARTS) is 1. The van der Waals surface area contributed by atoms with Gasteiger partial charge in [0, 0.05) is 31.1 Å². The fraction of sp³-hybridized carbons (Fsp3) is 0.350. The number of hydrogen-bond acceptors (Lipinski definition) is 5. The smallest absolute Gasteiger partial charge is 0.290 e. The minimum absolute atomic E-state index is 0.0452. The van der Waals surface area contributed by atoms with E-state index in [1.54, 1.807) is 18.8 Å². The first-order chi connectivity index (χ1) is 13.7. The quantitative estimate of drug-likeness (QED) is 0.583. The number of amides is 1. The van der Waals surface area contributed by atoms with E-state index in [1.807, 2.05) is 17.0 Å². The molecule has 148 valence electrons. The molecule has 28 heavy (non-hydrogen) atoms. The van der Waals surface area contributed by atoms with Gasteiger partial charge in [0.15, 0.2) is 0 Å². The minimum Gasteiger partial charge on any atom is -0.483 e. The van der Waals surface area contributed by atoms with Gasteiger partial charge in [-0.1, -0.05) is 6.07 Å². The number of likely N-dealkylation sites (tertiary alicyclic amines) is 1. The molecule has 3 aromatic rings. The maximum Gasteiger partial charge on any atom is 0.290 e. The standard InChI is InChI=1S/C19H22N4O2.CH2O2/c24-19(17-12-21-13-22-17)23-7-2-1-3-16(23)11-20-10-14-4-5-18-15(9-14)6-8-25-18;2-1-3/h4-6,8-9,12-13,16,20H,1-3,7,10-11H2,(H,21,22);1H,(H,2,3)/t16-;/m0./s1. The van der Waals surface area contributed by atoms with Crippen molar-refractivity contribution >= 4 is 23.3 Å². The highest BCUT2D eigenvalue weighted by atomic mass is 16.3. The van der Waals surface area contributed by atoms with Gasteiger partial charge in [0.25, 0.3) is 12.4 Å². The Morgan fingerprint density at radius 1 is 1.39 bits per heavy atom. The molecule has 1 saturated heterocycles. The molecule has 1 fully saturated rings. The van der Waals surface area contributed by atoms with Crippen LogP contribution in [0.3, 0.4) is 0 Å². The van der Waals surface area contributed by atoms with Gasteiger partial charge in [-0.25, -0.2) is 4.98 Å². The summed E-state index contributed by atoms with van der Waals surface area (Å²) < 4.78 is 5.38. The number of aromatic nitrogens is 2. The third-order valence-electron chi connectivity index (χ3n) is 4.84. The molecule has 0 aliphatic carbocycles. The molecule has 1 aliphatic heterocycles. The molecule has 3 heterocycles. The Kier molecular flexibility index (Phi) is 6.80. The van der Waals surface area contributed by atoms with Crippen LogP contribution in [-0.4, -0.2) is 51.5 Å². The first kappa shape index (κ1) is 19.6. The molecule has 8 nitrogen and oxygen atoms in total. The zero-order valence-corrected chi connectivity index (χ0v) is 15.5. The molecule has 0 radical (unpaired) electrons. The molecule has 1 aromatic carbocycles. The van der Waals surface area contributed by atoms with E-state index in [-0.39, 0.29) is 18.4 Å². The van der Waals surface area contributed by atoms with Gasteiger partial charge >= 0.3 is 0 Å². The average Bonchev–Trinajstić information content (AvgIpc) is 3.40. The molecule has 1 aliphatic rings. The van der Waals surface area contributed by atoms with Crippen molar-refractivity contribution in [2.45, 2.75) is 31.8 Å². The summed E-state index contributed by atoms with van der Waals surface area (Å²) in [6.07, 6.45) is 8.13. The molecule has 8 heteroatoms. The number of nitrogens with one attached hydrogen (secondary N) is 2. The van der Waals surface area contributed by atoms with Crippen molar-refractivity contribution in [1.82, 2.24) is 20.2 Å². The predicted molar refractivity (Wildman–Crippen MR) is 104 cm³/mol. The zero-order chi connectivity index (χ0) is 19.8. The van der Waals surface area contributed by atoms with Crippen molar-refractivity contribution in [3.05, 3.63) is 54.3 Å². The van der Waals surface area contributed by atoms with E-state index in [0.717, 1.165) is 43.4 Å². The fourth-order valence-electron chi connectivity index (χ4n) is 3.52. The van der Waals surface area contributed by atoms with Gasteiger partial charge in [-0.05, 0) is 43.0 Å². The number of aromatic amines is 1. The van der Waals surface area contributed by atoms with E-state index in [0.29, 0.717) is 5.69 Å². The van der Waals surface area contributed by atoms with Crippen LogP contribution in [0, 0.1) is 0 Å². The summed E-state index contributed by atoms with van der Waals surface area (Å²) in [5.74, 6) is 0.0452. The van der Waals surface area contributed by atoms with Crippen LogP contribution in [0.4, 0.5) is 0 Å². The fourth-order valence-corrected chi connectivity index (χ4v) is 3.52. The molecule has 1 atom stereocenters. The van der Waals surface area contributed by atoms with Crippen molar-refractivity contribution in [2.75, 3.05) is 13.1 Å². The summed E-state index contributed by atoms with van der Waals surface area (Å²) in [6, 6.07) is 8.42. The van der Waals surface area contributed by atoms with Crippen LogP contribution in [0.2, 0.25) is 0 Å². The van der Waals surface area contributed by atoms with Crippen LogP contribution in [0.1, 0.15) is 35.3 Å². The van der Waals surface area contributed by atoms with E-state index >= 15 is 0 Å². The van der Waals surface area contributed by atoms with Crippen molar-refractivity contribution in [3.8, 4) is 0 Å². The Morgan fingerprint density at radius 2 is 2.25 bits per heavy atom. The summed E-state index contributed by atoms with van der Waals surface area (Å²) in [4.78, 5) is 29.9. The zero-order valence-electron chi connectivity index (χ0n) is 15.5. The molecular formula is C20H24N4O4. The Labute approximate surface area is 162 Å². The highest BCUT2D eigenvalue weighted by molar-refractivity contribution is 5.92. The SMILES string of the molecule is O=C(c1cnc[nH]1)N1CCCC[C@H]1CNCc1ccc2occc2c1.O=CO. The highest BCUT2D eigenvalue weighted by Gasteiger charge is 2.27. The Morgan fingerprint density at radius 3 is 3.04 bits per heavy atom.